The summed E-state index contributed by atoms with van der Waals surface area (Å²) in [5.74, 6) is -2.30. The zero-order chi connectivity index (χ0) is 25.5. The number of carbonyl (C=O) groups is 3. The van der Waals surface area contributed by atoms with E-state index in [1.165, 1.54) is 6.33 Å². The van der Waals surface area contributed by atoms with Crippen LogP contribution in [0.3, 0.4) is 0 Å². The summed E-state index contributed by atoms with van der Waals surface area (Å²) in [6.07, 6.45) is 5.27. The van der Waals surface area contributed by atoms with Crippen LogP contribution in [-0.2, 0) is 33.6 Å². The SMILES string of the molecule is NC(Cc1cnc[nH]1)C(=O)NC(Cc1ccccc1)C(=O)NC(Cc1c[nH]c2ccccc12)C(=O)O. The lowest BCUT2D eigenvalue weighted by Gasteiger charge is -2.23. The van der Waals surface area contributed by atoms with Gasteiger partial charge in [-0.1, -0.05) is 48.5 Å². The highest BCUT2D eigenvalue weighted by Crippen LogP contribution is 2.19. The van der Waals surface area contributed by atoms with Crippen molar-refractivity contribution in [2.45, 2.75) is 37.4 Å². The van der Waals surface area contributed by atoms with Gasteiger partial charge in [0.25, 0.3) is 0 Å². The van der Waals surface area contributed by atoms with Gasteiger partial charge in [0.15, 0.2) is 0 Å². The van der Waals surface area contributed by atoms with Gasteiger partial charge in [-0.05, 0) is 17.2 Å². The number of aromatic amines is 2. The topological polar surface area (TPSA) is 166 Å². The lowest BCUT2D eigenvalue weighted by atomic mass is 10.0. The number of carboxylic acids is 1. The number of nitrogens with one attached hydrogen (secondary N) is 4. The van der Waals surface area contributed by atoms with Crippen LogP contribution in [0.2, 0.25) is 0 Å². The molecule has 0 fully saturated rings. The summed E-state index contributed by atoms with van der Waals surface area (Å²) in [4.78, 5) is 48.1. The second-order valence-electron chi connectivity index (χ2n) is 8.60. The number of nitrogens with zero attached hydrogens (tertiary/aromatic N) is 1. The lowest BCUT2D eigenvalue weighted by molar-refractivity contribution is -0.142. The van der Waals surface area contributed by atoms with Crippen molar-refractivity contribution in [3.63, 3.8) is 0 Å². The van der Waals surface area contributed by atoms with Crippen molar-refractivity contribution in [3.8, 4) is 0 Å². The number of aliphatic carboxylic acids is 1. The molecular formula is C26H28N6O4. The van der Waals surface area contributed by atoms with E-state index in [0.29, 0.717) is 5.69 Å². The zero-order valence-corrected chi connectivity index (χ0v) is 19.5. The standard InChI is InChI=1S/C26H28N6O4/c27-20(12-18-14-28-15-30-18)24(33)31-22(10-16-6-2-1-3-7-16)25(34)32-23(26(35)36)11-17-13-29-21-9-5-4-8-19(17)21/h1-9,13-15,20,22-23,29H,10-12,27H2,(H,28,30)(H,31,33)(H,32,34)(H,35,36). The van der Waals surface area contributed by atoms with Crippen molar-refractivity contribution in [1.29, 1.82) is 0 Å². The Morgan fingerprint density at radius 3 is 2.33 bits per heavy atom. The summed E-state index contributed by atoms with van der Waals surface area (Å²) in [5, 5.41) is 16.0. The number of hydrogen-bond donors (Lipinski definition) is 6. The Kier molecular flexibility index (Phi) is 7.76. The summed E-state index contributed by atoms with van der Waals surface area (Å²) in [6.45, 7) is 0. The van der Waals surface area contributed by atoms with E-state index in [9.17, 15) is 19.5 Å². The van der Waals surface area contributed by atoms with Gasteiger partial charge >= 0.3 is 5.97 Å². The molecule has 0 saturated heterocycles. The highest BCUT2D eigenvalue weighted by Gasteiger charge is 2.29. The molecule has 186 valence electrons. The number of rotatable bonds is 11. The van der Waals surface area contributed by atoms with Crippen LogP contribution >= 0.6 is 0 Å². The van der Waals surface area contributed by atoms with E-state index in [2.05, 4.69) is 25.6 Å². The average molecular weight is 489 g/mol. The average Bonchev–Trinajstić information content (AvgIpc) is 3.53. The Balaban J connectivity index is 1.49. The van der Waals surface area contributed by atoms with Gasteiger partial charge in [0.1, 0.15) is 12.1 Å². The van der Waals surface area contributed by atoms with E-state index in [1.807, 2.05) is 54.6 Å². The van der Waals surface area contributed by atoms with Crippen molar-refractivity contribution in [2.24, 2.45) is 5.73 Å². The van der Waals surface area contributed by atoms with E-state index in [0.717, 1.165) is 22.0 Å². The smallest absolute Gasteiger partial charge is 0.326 e. The molecule has 0 saturated carbocycles. The summed E-state index contributed by atoms with van der Waals surface area (Å²) < 4.78 is 0. The summed E-state index contributed by atoms with van der Waals surface area (Å²) in [6, 6.07) is 13.6. The van der Waals surface area contributed by atoms with E-state index in [1.54, 1.807) is 12.4 Å². The van der Waals surface area contributed by atoms with Crippen molar-refractivity contribution >= 4 is 28.7 Å². The fourth-order valence-electron chi connectivity index (χ4n) is 4.06. The molecule has 0 radical (unpaired) electrons. The number of para-hydroxylation sites is 1. The first-order chi connectivity index (χ1) is 17.4. The van der Waals surface area contributed by atoms with Gasteiger partial charge in [0, 0.05) is 48.3 Å². The molecule has 10 nitrogen and oxygen atoms in total. The largest absolute Gasteiger partial charge is 0.480 e. The number of imidazole rings is 1. The minimum atomic E-state index is -1.19. The monoisotopic (exact) mass is 488 g/mol. The maximum absolute atomic E-state index is 13.3. The van der Waals surface area contributed by atoms with E-state index in [4.69, 9.17) is 5.73 Å². The normalized spacial score (nSPS) is 13.6. The zero-order valence-electron chi connectivity index (χ0n) is 19.5. The van der Waals surface area contributed by atoms with Crippen molar-refractivity contribution < 1.29 is 19.5 Å². The molecule has 2 aromatic heterocycles. The predicted molar refractivity (Wildman–Crippen MR) is 134 cm³/mol. The van der Waals surface area contributed by atoms with Crippen molar-refractivity contribution in [2.75, 3.05) is 0 Å². The Labute approximate surface area is 207 Å². The van der Waals surface area contributed by atoms with Crippen LogP contribution in [0.5, 0.6) is 0 Å². The first-order valence-corrected chi connectivity index (χ1v) is 11.6. The molecule has 0 spiro atoms. The quantitative estimate of drug-likeness (QED) is 0.186. The molecule has 0 aliphatic rings. The number of H-pyrrole nitrogens is 2. The molecule has 0 aliphatic heterocycles. The van der Waals surface area contributed by atoms with Crippen LogP contribution in [0, 0.1) is 0 Å². The second-order valence-corrected chi connectivity index (χ2v) is 8.60. The van der Waals surface area contributed by atoms with Gasteiger partial charge in [-0.15, -0.1) is 0 Å². The molecule has 2 amide bonds. The fraction of sp³-hybridized carbons (Fsp3) is 0.231. The first kappa shape index (κ1) is 24.7. The van der Waals surface area contributed by atoms with Crippen molar-refractivity contribution in [1.82, 2.24) is 25.6 Å². The Morgan fingerprint density at radius 1 is 0.889 bits per heavy atom. The van der Waals surface area contributed by atoms with Crippen molar-refractivity contribution in [3.05, 3.63) is 90.1 Å². The van der Waals surface area contributed by atoms with E-state index < -0.39 is 35.9 Å². The van der Waals surface area contributed by atoms with Gasteiger partial charge in [-0.3, -0.25) is 9.59 Å². The molecule has 7 N–H and O–H groups in total. The minimum Gasteiger partial charge on any atom is -0.480 e. The van der Waals surface area contributed by atoms with Crippen LogP contribution in [-0.4, -0.2) is 56.0 Å². The number of aromatic nitrogens is 3. The highest BCUT2D eigenvalue weighted by atomic mass is 16.4. The molecule has 2 aromatic carbocycles. The number of amides is 2. The molecular weight excluding hydrogens is 460 g/mol. The molecule has 4 rings (SSSR count). The Hall–Kier alpha value is -4.44. The summed E-state index contributed by atoms with van der Waals surface area (Å²) in [5.41, 5.74) is 9.19. The summed E-state index contributed by atoms with van der Waals surface area (Å²) in [7, 11) is 0. The van der Waals surface area contributed by atoms with Gasteiger partial charge in [0.2, 0.25) is 11.8 Å². The molecule has 3 atom stereocenters. The number of carbonyl (C=O) groups excluding carboxylic acids is 2. The molecule has 36 heavy (non-hydrogen) atoms. The minimum absolute atomic E-state index is 0.0798. The Bertz CT molecular complexity index is 1320. The number of nitrogens with two attached hydrogens (primary N) is 1. The van der Waals surface area contributed by atoms with Gasteiger partial charge in [-0.2, -0.15) is 0 Å². The fourth-order valence-corrected chi connectivity index (χ4v) is 4.06. The maximum atomic E-state index is 13.3. The molecule has 0 bridgehead atoms. The third-order valence-corrected chi connectivity index (χ3v) is 5.96. The van der Waals surface area contributed by atoms with E-state index >= 15 is 0 Å². The lowest BCUT2D eigenvalue weighted by Crippen LogP contribution is -2.55. The van der Waals surface area contributed by atoms with Crippen LogP contribution < -0.4 is 16.4 Å². The van der Waals surface area contributed by atoms with Crippen LogP contribution in [0.15, 0.2) is 73.3 Å². The predicted octanol–water partition coefficient (Wildman–Crippen LogP) is 1.30. The third kappa shape index (κ3) is 6.16. The number of benzene rings is 2. The maximum Gasteiger partial charge on any atom is 0.326 e. The van der Waals surface area contributed by atoms with Crippen LogP contribution in [0.4, 0.5) is 0 Å². The van der Waals surface area contributed by atoms with Gasteiger partial charge in [-0.25, -0.2) is 9.78 Å². The number of carboxylic acid groups (broad SMARTS) is 1. The number of fused-ring (bicyclic) bond motifs is 1. The second kappa shape index (κ2) is 11.3. The number of hydrogen-bond acceptors (Lipinski definition) is 5. The molecule has 2 heterocycles. The summed E-state index contributed by atoms with van der Waals surface area (Å²) >= 11 is 0. The van der Waals surface area contributed by atoms with Crippen LogP contribution in [0.25, 0.3) is 10.9 Å². The molecule has 0 aliphatic carbocycles. The Morgan fingerprint density at radius 2 is 1.61 bits per heavy atom. The van der Waals surface area contributed by atoms with Gasteiger partial charge in [0.05, 0.1) is 12.4 Å². The molecule has 10 heteroatoms. The van der Waals surface area contributed by atoms with Gasteiger partial charge < -0.3 is 31.4 Å². The first-order valence-electron chi connectivity index (χ1n) is 11.6. The molecule has 4 aromatic rings. The molecule has 3 unspecified atom stereocenters. The van der Waals surface area contributed by atoms with Crippen LogP contribution in [0.1, 0.15) is 16.8 Å². The highest BCUT2D eigenvalue weighted by molar-refractivity contribution is 5.92. The third-order valence-electron chi connectivity index (χ3n) is 5.96. The van der Waals surface area contributed by atoms with E-state index in [-0.39, 0.29) is 19.3 Å².